The van der Waals surface area contributed by atoms with Crippen molar-refractivity contribution in [2.24, 2.45) is 0 Å². The van der Waals surface area contributed by atoms with E-state index in [1.807, 2.05) is 13.8 Å². The quantitative estimate of drug-likeness (QED) is 0.246. The molecule has 0 bridgehead atoms. The number of aromatic nitrogens is 7. The third-order valence-corrected chi connectivity index (χ3v) is 6.84. The average Bonchev–Trinajstić information content (AvgIpc) is 3.55. The van der Waals surface area contributed by atoms with Gasteiger partial charge in [0.1, 0.15) is 12.2 Å². The van der Waals surface area contributed by atoms with Crippen molar-refractivity contribution >= 4 is 34.9 Å². The van der Waals surface area contributed by atoms with E-state index in [-0.39, 0.29) is 46.5 Å². The molecule has 0 saturated heterocycles. The van der Waals surface area contributed by atoms with Crippen molar-refractivity contribution in [1.82, 2.24) is 40.3 Å². The van der Waals surface area contributed by atoms with Gasteiger partial charge in [-0.15, -0.1) is 10.2 Å². The van der Waals surface area contributed by atoms with E-state index >= 15 is 0 Å². The molecule has 1 amide bonds. The molecule has 3 aromatic heterocycles. The number of benzene rings is 1. The van der Waals surface area contributed by atoms with Crippen molar-refractivity contribution in [3.05, 3.63) is 80.5 Å². The van der Waals surface area contributed by atoms with E-state index in [1.54, 1.807) is 38.1 Å². The number of ketones is 1. The van der Waals surface area contributed by atoms with Crippen LogP contribution in [0.3, 0.4) is 0 Å². The van der Waals surface area contributed by atoms with Crippen molar-refractivity contribution in [3.8, 4) is 5.82 Å². The van der Waals surface area contributed by atoms with Gasteiger partial charge in [0.2, 0.25) is 5.82 Å². The Labute approximate surface area is 238 Å². The molecule has 0 radical (unpaired) electrons. The maximum absolute atomic E-state index is 14.1. The largest absolute Gasteiger partial charge is 0.350 e. The standard InChI is InChI=1S/C26H26Cl2F2N8O2/c1-5-14(3)32-26(40)18-10-16(27)9-13(2)21(18)15(4)22(39)20-11-17(12-37-35-24(23(29)30)33-36-37)34-38(20)25-19(28)7-6-8-31-25/h6-11,14-15,23H,5,12H2,1-4H3,(H,32,40). The Morgan fingerprint density at radius 2 is 1.88 bits per heavy atom. The molecule has 40 heavy (non-hydrogen) atoms. The first kappa shape index (κ1) is 29.2. The zero-order valence-corrected chi connectivity index (χ0v) is 23.6. The highest BCUT2D eigenvalue weighted by Crippen LogP contribution is 2.31. The van der Waals surface area contributed by atoms with Crippen LogP contribution in [0.1, 0.15) is 83.0 Å². The number of hydrogen-bond acceptors (Lipinski definition) is 7. The minimum atomic E-state index is -2.88. The molecule has 3 heterocycles. The molecule has 0 aliphatic rings. The number of aryl methyl sites for hydroxylation is 1. The van der Waals surface area contributed by atoms with E-state index in [0.29, 0.717) is 21.7 Å². The number of nitrogens with zero attached hydrogens (tertiary/aromatic N) is 7. The zero-order valence-electron chi connectivity index (χ0n) is 22.1. The normalized spacial score (nSPS) is 12.9. The summed E-state index contributed by atoms with van der Waals surface area (Å²) < 4.78 is 27.2. The van der Waals surface area contributed by atoms with Crippen LogP contribution in [0.2, 0.25) is 10.0 Å². The van der Waals surface area contributed by atoms with Crippen molar-refractivity contribution < 1.29 is 18.4 Å². The maximum atomic E-state index is 14.1. The van der Waals surface area contributed by atoms with Crippen LogP contribution in [-0.4, -0.2) is 52.7 Å². The monoisotopic (exact) mass is 590 g/mol. The maximum Gasteiger partial charge on any atom is 0.301 e. The highest BCUT2D eigenvalue weighted by molar-refractivity contribution is 6.32. The summed E-state index contributed by atoms with van der Waals surface area (Å²) in [7, 11) is 0. The minimum Gasteiger partial charge on any atom is -0.350 e. The number of carbonyl (C=O) groups excluding carboxylic acids is 2. The third kappa shape index (κ3) is 6.18. The van der Waals surface area contributed by atoms with Crippen LogP contribution in [0.5, 0.6) is 0 Å². The second-order valence-electron chi connectivity index (χ2n) is 9.27. The molecule has 1 aromatic carbocycles. The van der Waals surface area contributed by atoms with Crippen LogP contribution in [0.15, 0.2) is 36.5 Å². The second kappa shape index (κ2) is 12.2. The molecule has 4 aromatic rings. The van der Waals surface area contributed by atoms with Gasteiger partial charge in [0.05, 0.1) is 10.7 Å². The molecule has 0 spiro atoms. The summed E-state index contributed by atoms with van der Waals surface area (Å²) >= 11 is 12.7. The van der Waals surface area contributed by atoms with Crippen molar-refractivity contribution in [1.29, 1.82) is 0 Å². The molecule has 2 unspecified atom stereocenters. The number of nitrogens with one attached hydrogen (secondary N) is 1. The van der Waals surface area contributed by atoms with Gasteiger partial charge < -0.3 is 5.32 Å². The number of Topliss-reactive ketones (excluding diaryl/α,β-unsaturated/α-hetero) is 1. The lowest BCUT2D eigenvalue weighted by atomic mass is 9.87. The number of hydrogen-bond donors (Lipinski definition) is 1. The van der Waals surface area contributed by atoms with E-state index in [9.17, 15) is 18.4 Å². The SMILES string of the molecule is CCC(C)NC(=O)c1cc(Cl)cc(C)c1C(C)C(=O)c1cc(Cn2nnc(C(F)F)n2)nn1-c1ncccc1Cl. The lowest BCUT2D eigenvalue weighted by Gasteiger charge is -2.20. The molecule has 2 atom stereocenters. The number of carbonyl (C=O) groups is 2. The molecule has 10 nitrogen and oxygen atoms in total. The highest BCUT2D eigenvalue weighted by atomic mass is 35.5. The summed E-state index contributed by atoms with van der Waals surface area (Å²) in [5, 5.41) is 18.6. The van der Waals surface area contributed by atoms with Gasteiger partial charge in [0.15, 0.2) is 11.6 Å². The van der Waals surface area contributed by atoms with Crippen LogP contribution in [0.25, 0.3) is 5.82 Å². The van der Waals surface area contributed by atoms with Gasteiger partial charge in [0, 0.05) is 28.7 Å². The first-order valence-electron chi connectivity index (χ1n) is 12.4. The smallest absolute Gasteiger partial charge is 0.301 e. The Kier molecular flexibility index (Phi) is 8.89. The average molecular weight is 591 g/mol. The fraction of sp³-hybridized carbons (Fsp3) is 0.346. The van der Waals surface area contributed by atoms with Crippen LogP contribution in [0.4, 0.5) is 8.78 Å². The Balaban J connectivity index is 1.78. The predicted molar refractivity (Wildman–Crippen MR) is 144 cm³/mol. The van der Waals surface area contributed by atoms with E-state index in [2.05, 4.69) is 30.8 Å². The molecule has 0 aliphatic carbocycles. The highest BCUT2D eigenvalue weighted by Gasteiger charge is 2.29. The predicted octanol–water partition coefficient (Wildman–Crippen LogP) is 5.37. The van der Waals surface area contributed by atoms with Crippen LogP contribution in [-0.2, 0) is 6.54 Å². The molecular weight excluding hydrogens is 565 g/mol. The number of halogens is 4. The van der Waals surface area contributed by atoms with Crippen molar-refractivity contribution in [2.45, 2.75) is 59.0 Å². The fourth-order valence-electron chi connectivity index (χ4n) is 4.21. The third-order valence-electron chi connectivity index (χ3n) is 6.33. The molecule has 0 aliphatic heterocycles. The van der Waals surface area contributed by atoms with Crippen molar-refractivity contribution in [3.63, 3.8) is 0 Å². The summed E-state index contributed by atoms with van der Waals surface area (Å²) in [5.74, 6) is -2.07. The summed E-state index contributed by atoms with van der Waals surface area (Å²) in [5.41, 5.74) is 1.85. The number of pyridine rings is 1. The lowest BCUT2D eigenvalue weighted by Crippen LogP contribution is -2.33. The van der Waals surface area contributed by atoms with Gasteiger partial charge in [-0.2, -0.15) is 9.90 Å². The Bertz CT molecular complexity index is 1560. The first-order chi connectivity index (χ1) is 19.0. The van der Waals surface area contributed by atoms with Gasteiger partial charge in [-0.05, 0) is 66.9 Å². The van der Waals surface area contributed by atoms with E-state index < -0.39 is 18.2 Å². The minimum absolute atomic E-state index is 0.0862. The first-order valence-corrected chi connectivity index (χ1v) is 13.2. The van der Waals surface area contributed by atoms with Crippen LogP contribution >= 0.6 is 23.2 Å². The number of amides is 1. The fourth-order valence-corrected chi connectivity index (χ4v) is 4.68. The lowest BCUT2D eigenvalue weighted by molar-refractivity contribution is 0.0935. The number of alkyl halides is 2. The molecular formula is C26H26Cl2F2N8O2. The van der Waals surface area contributed by atoms with Gasteiger partial charge >= 0.3 is 6.43 Å². The Morgan fingerprint density at radius 1 is 1.12 bits per heavy atom. The zero-order chi connectivity index (χ0) is 29.1. The van der Waals surface area contributed by atoms with Crippen LogP contribution < -0.4 is 5.32 Å². The van der Waals surface area contributed by atoms with Gasteiger partial charge in [0.25, 0.3) is 5.91 Å². The van der Waals surface area contributed by atoms with Crippen LogP contribution in [0, 0.1) is 6.92 Å². The van der Waals surface area contributed by atoms with Gasteiger partial charge in [-0.1, -0.05) is 37.0 Å². The molecule has 0 saturated carbocycles. The summed E-state index contributed by atoms with van der Waals surface area (Å²) in [6.07, 6.45) is -0.665. The van der Waals surface area contributed by atoms with Gasteiger partial charge in [-0.3, -0.25) is 9.59 Å². The Morgan fingerprint density at radius 3 is 2.52 bits per heavy atom. The Hall–Kier alpha value is -3.77. The van der Waals surface area contributed by atoms with Gasteiger partial charge in [-0.25, -0.2) is 18.4 Å². The molecule has 14 heteroatoms. The molecule has 1 N–H and O–H groups in total. The van der Waals surface area contributed by atoms with E-state index in [1.165, 1.54) is 16.9 Å². The summed E-state index contributed by atoms with van der Waals surface area (Å²) in [4.78, 5) is 32.5. The number of tetrazole rings is 1. The summed E-state index contributed by atoms with van der Waals surface area (Å²) in [6, 6.07) is 7.86. The molecule has 4 rings (SSSR count). The van der Waals surface area contributed by atoms with Crippen molar-refractivity contribution in [2.75, 3.05) is 0 Å². The number of rotatable bonds is 10. The summed E-state index contributed by atoms with van der Waals surface area (Å²) in [6.45, 7) is 7.15. The van der Waals surface area contributed by atoms with E-state index in [4.69, 9.17) is 23.2 Å². The van der Waals surface area contributed by atoms with E-state index in [0.717, 1.165) is 11.2 Å². The molecule has 210 valence electrons. The topological polar surface area (TPSA) is 120 Å². The molecule has 0 fully saturated rings. The second-order valence-corrected chi connectivity index (χ2v) is 10.1.